The molecule has 0 aliphatic heterocycles. The van der Waals surface area contributed by atoms with Crippen LogP contribution in [0, 0.1) is 0 Å². The summed E-state index contributed by atoms with van der Waals surface area (Å²) in [5.41, 5.74) is -0.344. The fourth-order valence-corrected chi connectivity index (χ4v) is 3.61. The van der Waals surface area contributed by atoms with E-state index in [0.717, 1.165) is 22.4 Å². The lowest BCUT2D eigenvalue weighted by atomic mass is 10.3. The van der Waals surface area contributed by atoms with Gasteiger partial charge in [0.1, 0.15) is 16.3 Å². The molecule has 0 spiro atoms. The van der Waals surface area contributed by atoms with Crippen LogP contribution < -0.4 is 16.6 Å². The summed E-state index contributed by atoms with van der Waals surface area (Å²) in [6.45, 7) is 0. The number of hydrogen-bond acceptors (Lipinski definition) is 7. The first-order chi connectivity index (χ1) is 12.4. The van der Waals surface area contributed by atoms with E-state index < -0.39 is 11.2 Å². The van der Waals surface area contributed by atoms with Crippen LogP contribution in [0.3, 0.4) is 0 Å². The first kappa shape index (κ1) is 16.6. The largest absolute Gasteiger partial charge is 0.336 e. The minimum Gasteiger partial charge on any atom is -0.336 e. The zero-order valence-corrected chi connectivity index (χ0v) is 15.1. The van der Waals surface area contributed by atoms with Crippen LogP contribution in [0.5, 0.6) is 0 Å². The number of aromatic amines is 1. The molecule has 1 aliphatic rings. The van der Waals surface area contributed by atoms with Crippen molar-refractivity contribution in [3.8, 4) is 0 Å². The normalized spacial score (nSPS) is 14.1. The number of carbonyl (C=O) groups excluding carboxylic acids is 1. The molecule has 1 amide bonds. The highest BCUT2D eigenvalue weighted by atomic mass is 32.1. The zero-order valence-electron chi connectivity index (χ0n) is 14.3. The Morgan fingerprint density at radius 2 is 2.04 bits per heavy atom. The van der Waals surface area contributed by atoms with Crippen molar-refractivity contribution in [2.24, 2.45) is 14.1 Å². The number of anilines is 1. The third-order valence-corrected chi connectivity index (χ3v) is 5.35. The molecule has 10 nitrogen and oxygen atoms in total. The van der Waals surface area contributed by atoms with Crippen LogP contribution in [0.1, 0.15) is 36.0 Å². The average Bonchev–Trinajstić information content (AvgIpc) is 3.22. The second-order valence-corrected chi connectivity index (χ2v) is 7.36. The molecule has 3 aromatic heterocycles. The Morgan fingerprint density at radius 3 is 2.77 bits per heavy atom. The highest BCUT2D eigenvalue weighted by Gasteiger charge is 2.27. The van der Waals surface area contributed by atoms with Crippen LogP contribution in [0.25, 0.3) is 11.2 Å². The standard InChI is InChI=1S/C15H17N7O3S/c1-21-11-10(13(24)22(2)15(21)25)16-8(17-11)5-6-9(23)18-14-20-19-12(26-14)7-3-4-7/h7H,3-6H2,1-2H3,(H,16,17)(H,18,20,23). The summed E-state index contributed by atoms with van der Waals surface area (Å²) >= 11 is 1.40. The molecule has 0 unspecified atom stereocenters. The van der Waals surface area contributed by atoms with Crippen molar-refractivity contribution in [2.45, 2.75) is 31.6 Å². The number of amides is 1. The molecule has 0 aromatic carbocycles. The Labute approximate surface area is 150 Å². The molecule has 4 rings (SSSR count). The van der Waals surface area contributed by atoms with E-state index in [1.807, 2.05) is 0 Å². The molecule has 11 heteroatoms. The van der Waals surface area contributed by atoms with Gasteiger partial charge < -0.3 is 10.3 Å². The number of carbonyl (C=O) groups is 1. The van der Waals surface area contributed by atoms with Crippen LogP contribution in [-0.4, -0.2) is 35.2 Å². The van der Waals surface area contributed by atoms with Gasteiger partial charge in [-0.1, -0.05) is 11.3 Å². The molecule has 26 heavy (non-hydrogen) atoms. The van der Waals surface area contributed by atoms with Gasteiger partial charge in [0.2, 0.25) is 11.0 Å². The number of aryl methyl sites for hydroxylation is 2. The maximum Gasteiger partial charge on any atom is 0.332 e. The fourth-order valence-electron chi connectivity index (χ4n) is 2.69. The molecule has 3 aromatic rings. The minimum atomic E-state index is -0.443. The van der Waals surface area contributed by atoms with Crippen LogP contribution in [-0.2, 0) is 25.3 Å². The van der Waals surface area contributed by atoms with Gasteiger partial charge in [0.05, 0.1) is 0 Å². The maximum atomic E-state index is 12.1. The molecular formula is C15H17N7O3S. The van der Waals surface area contributed by atoms with Crippen molar-refractivity contribution in [1.82, 2.24) is 29.3 Å². The molecular weight excluding hydrogens is 358 g/mol. The van der Waals surface area contributed by atoms with Gasteiger partial charge >= 0.3 is 5.69 Å². The Balaban J connectivity index is 1.46. The number of fused-ring (bicyclic) bond motifs is 1. The third-order valence-electron chi connectivity index (χ3n) is 4.35. The molecule has 1 aliphatic carbocycles. The topological polar surface area (TPSA) is 128 Å². The summed E-state index contributed by atoms with van der Waals surface area (Å²) in [5.74, 6) is 0.776. The second-order valence-electron chi connectivity index (χ2n) is 6.36. The van der Waals surface area contributed by atoms with Crippen molar-refractivity contribution in [3.05, 3.63) is 31.7 Å². The number of imidazole rings is 1. The van der Waals surface area contributed by atoms with Gasteiger partial charge in [0, 0.05) is 32.9 Å². The Kier molecular flexibility index (Phi) is 3.94. The van der Waals surface area contributed by atoms with Crippen LogP contribution in [0.2, 0.25) is 0 Å². The van der Waals surface area contributed by atoms with E-state index in [1.165, 1.54) is 23.0 Å². The second kappa shape index (κ2) is 6.16. The number of rotatable bonds is 5. The highest BCUT2D eigenvalue weighted by molar-refractivity contribution is 7.15. The van der Waals surface area contributed by atoms with Gasteiger partial charge in [0.15, 0.2) is 5.65 Å². The number of H-pyrrole nitrogens is 1. The van der Waals surface area contributed by atoms with Gasteiger partial charge in [-0.3, -0.25) is 18.7 Å². The minimum absolute atomic E-state index is 0.173. The van der Waals surface area contributed by atoms with Gasteiger partial charge in [-0.2, -0.15) is 0 Å². The SMILES string of the molecule is Cn1c(=O)c2[nH]c(CCC(=O)Nc3nnc(C4CC4)s3)nc2n(C)c1=O. The third kappa shape index (κ3) is 2.94. The van der Waals surface area contributed by atoms with E-state index in [2.05, 4.69) is 25.5 Å². The summed E-state index contributed by atoms with van der Waals surface area (Å²) in [4.78, 5) is 43.4. The monoisotopic (exact) mass is 375 g/mol. The molecule has 1 fully saturated rings. The molecule has 1 saturated carbocycles. The average molecular weight is 375 g/mol. The Bertz CT molecular complexity index is 1120. The number of nitrogens with zero attached hydrogens (tertiary/aromatic N) is 5. The van der Waals surface area contributed by atoms with Gasteiger partial charge in [0.25, 0.3) is 5.56 Å². The summed E-state index contributed by atoms with van der Waals surface area (Å²) < 4.78 is 2.32. The van der Waals surface area contributed by atoms with Crippen LogP contribution in [0.4, 0.5) is 5.13 Å². The van der Waals surface area contributed by atoms with E-state index >= 15 is 0 Å². The quantitative estimate of drug-likeness (QED) is 0.658. The maximum absolute atomic E-state index is 12.1. The summed E-state index contributed by atoms with van der Waals surface area (Å²) in [6, 6.07) is 0. The highest BCUT2D eigenvalue weighted by Crippen LogP contribution is 2.42. The van der Waals surface area contributed by atoms with Gasteiger partial charge in [-0.15, -0.1) is 10.2 Å². The van der Waals surface area contributed by atoms with Crippen LogP contribution >= 0.6 is 11.3 Å². The number of hydrogen-bond donors (Lipinski definition) is 2. The Morgan fingerprint density at radius 1 is 1.27 bits per heavy atom. The van der Waals surface area contributed by atoms with Crippen molar-refractivity contribution in [2.75, 3.05) is 5.32 Å². The lowest BCUT2D eigenvalue weighted by Gasteiger charge is -2.00. The molecule has 0 bridgehead atoms. The Hall–Kier alpha value is -2.82. The first-order valence-corrected chi connectivity index (χ1v) is 9.03. The van der Waals surface area contributed by atoms with Crippen molar-refractivity contribution in [3.63, 3.8) is 0 Å². The van der Waals surface area contributed by atoms with E-state index in [9.17, 15) is 14.4 Å². The van der Waals surface area contributed by atoms with E-state index in [4.69, 9.17) is 0 Å². The van der Waals surface area contributed by atoms with E-state index in [-0.39, 0.29) is 23.5 Å². The summed E-state index contributed by atoms with van der Waals surface area (Å²) in [6.07, 6.45) is 2.76. The van der Waals surface area contributed by atoms with E-state index in [1.54, 1.807) is 7.05 Å². The molecule has 0 radical (unpaired) electrons. The smallest absolute Gasteiger partial charge is 0.332 e. The summed E-state index contributed by atoms with van der Waals surface area (Å²) in [5, 5.41) is 12.3. The number of aromatic nitrogens is 6. The van der Waals surface area contributed by atoms with E-state index in [0.29, 0.717) is 23.3 Å². The van der Waals surface area contributed by atoms with Gasteiger partial charge in [-0.25, -0.2) is 9.78 Å². The predicted octanol–water partition coefficient (Wildman–Crippen LogP) is 0.260. The molecule has 0 atom stereocenters. The van der Waals surface area contributed by atoms with Crippen LogP contribution in [0.15, 0.2) is 9.59 Å². The molecule has 2 N–H and O–H groups in total. The number of nitrogens with one attached hydrogen (secondary N) is 2. The lowest BCUT2D eigenvalue weighted by Crippen LogP contribution is -2.36. The molecule has 136 valence electrons. The first-order valence-electron chi connectivity index (χ1n) is 8.22. The molecule has 3 heterocycles. The predicted molar refractivity (Wildman–Crippen MR) is 95.4 cm³/mol. The van der Waals surface area contributed by atoms with Gasteiger partial charge in [-0.05, 0) is 12.8 Å². The lowest BCUT2D eigenvalue weighted by molar-refractivity contribution is -0.116. The molecule has 0 saturated heterocycles. The zero-order chi connectivity index (χ0) is 18.4. The summed E-state index contributed by atoms with van der Waals surface area (Å²) in [7, 11) is 2.96. The van der Waals surface area contributed by atoms with Crippen molar-refractivity contribution < 1.29 is 4.79 Å². The fraction of sp³-hybridized carbons (Fsp3) is 0.467. The van der Waals surface area contributed by atoms with Crippen molar-refractivity contribution >= 4 is 33.5 Å². The van der Waals surface area contributed by atoms with Crippen molar-refractivity contribution in [1.29, 1.82) is 0 Å².